The summed E-state index contributed by atoms with van der Waals surface area (Å²) in [6, 6.07) is 5.97. The molecule has 0 bridgehead atoms. The Hall–Kier alpha value is -1.85. The van der Waals surface area contributed by atoms with Crippen molar-refractivity contribution in [1.29, 1.82) is 0 Å². The minimum Gasteiger partial charge on any atom is -0.379 e. The SMILES string of the molecule is CCc1c(C)[nH]c2ccc(C(=O)N(C)CCN3CCOCC3)cc12. The van der Waals surface area contributed by atoms with Crippen molar-refractivity contribution < 1.29 is 9.53 Å². The number of nitrogens with one attached hydrogen (secondary N) is 1. The van der Waals surface area contributed by atoms with Crippen molar-refractivity contribution in [3.63, 3.8) is 0 Å². The highest BCUT2D eigenvalue weighted by Gasteiger charge is 2.16. The lowest BCUT2D eigenvalue weighted by Crippen LogP contribution is -2.41. The van der Waals surface area contributed by atoms with Crippen LogP contribution in [0.25, 0.3) is 10.9 Å². The van der Waals surface area contributed by atoms with Crippen LogP contribution < -0.4 is 0 Å². The van der Waals surface area contributed by atoms with E-state index in [1.807, 2.05) is 30.1 Å². The van der Waals surface area contributed by atoms with Crippen LogP contribution in [0.15, 0.2) is 18.2 Å². The zero-order valence-corrected chi connectivity index (χ0v) is 14.9. The number of carbonyl (C=O) groups is 1. The highest BCUT2D eigenvalue weighted by Crippen LogP contribution is 2.24. The van der Waals surface area contributed by atoms with Crippen LogP contribution in [-0.2, 0) is 11.2 Å². The summed E-state index contributed by atoms with van der Waals surface area (Å²) < 4.78 is 5.36. The molecule has 5 heteroatoms. The molecule has 1 saturated heterocycles. The van der Waals surface area contributed by atoms with Gasteiger partial charge in [-0.25, -0.2) is 0 Å². The van der Waals surface area contributed by atoms with E-state index in [1.54, 1.807) is 0 Å². The van der Waals surface area contributed by atoms with Gasteiger partial charge in [0.2, 0.25) is 0 Å². The highest BCUT2D eigenvalue weighted by molar-refractivity contribution is 5.99. The average Bonchev–Trinajstić information content (AvgIpc) is 2.93. The molecule has 3 rings (SSSR count). The molecule has 1 aliphatic heterocycles. The number of aromatic nitrogens is 1. The van der Waals surface area contributed by atoms with Gasteiger partial charge in [-0.3, -0.25) is 9.69 Å². The first-order valence-electron chi connectivity index (χ1n) is 8.77. The fraction of sp³-hybridized carbons (Fsp3) is 0.526. The predicted molar refractivity (Wildman–Crippen MR) is 96.6 cm³/mol. The van der Waals surface area contributed by atoms with Gasteiger partial charge in [0.05, 0.1) is 13.2 Å². The molecule has 2 aromatic rings. The van der Waals surface area contributed by atoms with Gasteiger partial charge in [0.15, 0.2) is 0 Å². The number of hydrogen-bond acceptors (Lipinski definition) is 3. The number of aryl methyl sites for hydroxylation is 2. The molecule has 0 saturated carbocycles. The lowest BCUT2D eigenvalue weighted by Gasteiger charge is -2.28. The Kier molecular flexibility index (Phi) is 5.21. The molecule has 2 heterocycles. The third-order valence-electron chi connectivity index (χ3n) is 4.92. The minimum atomic E-state index is 0.0889. The number of benzene rings is 1. The summed E-state index contributed by atoms with van der Waals surface area (Å²) in [5.74, 6) is 0.0889. The predicted octanol–water partition coefficient (Wildman–Crippen LogP) is 2.44. The second-order valence-corrected chi connectivity index (χ2v) is 6.52. The van der Waals surface area contributed by atoms with Gasteiger partial charge in [-0.15, -0.1) is 0 Å². The molecule has 0 radical (unpaired) electrons. The van der Waals surface area contributed by atoms with Crippen LogP contribution in [0.4, 0.5) is 0 Å². The molecular formula is C19H27N3O2. The first kappa shape index (κ1) is 17.0. The monoisotopic (exact) mass is 329 g/mol. The third kappa shape index (κ3) is 3.47. The summed E-state index contributed by atoms with van der Waals surface area (Å²) in [6.45, 7) is 9.38. The van der Waals surface area contributed by atoms with E-state index in [1.165, 1.54) is 16.6 Å². The summed E-state index contributed by atoms with van der Waals surface area (Å²) >= 11 is 0. The van der Waals surface area contributed by atoms with Crippen LogP contribution in [0, 0.1) is 6.92 Å². The number of aromatic amines is 1. The van der Waals surface area contributed by atoms with Crippen molar-refractivity contribution in [2.75, 3.05) is 46.4 Å². The molecule has 5 nitrogen and oxygen atoms in total. The number of morpholine rings is 1. The smallest absolute Gasteiger partial charge is 0.253 e. The van der Waals surface area contributed by atoms with E-state index >= 15 is 0 Å². The van der Waals surface area contributed by atoms with Crippen LogP contribution in [0.5, 0.6) is 0 Å². The maximum Gasteiger partial charge on any atom is 0.253 e. The Morgan fingerprint density at radius 1 is 1.33 bits per heavy atom. The lowest BCUT2D eigenvalue weighted by molar-refractivity contribution is 0.0338. The zero-order chi connectivity index (χ0) is 17.1. The van der Waals surface area contributed by atoms with E-state index in [2.05, 4.69) is 23.7 Å². The Morgan fingerprint density at radius 3 is 2.79 bits per heavy atom. The molecule has 130 valence electrons. The summed E-state index contributed by atoms with van der Waals surface area (Å²) in [5.41, 5.74) is 4.37. The molecule has 1 aliphatic rings. The number of fused-ring (bicyclic) bond motifs is 1. The van der Waals surface area contributed by atoms with Gasteiger partial charge >= 0.3 is 0 Å². The molecule has 1 fully saturated rings. The fourth-order valence-electron chi connectivity index (χ4n) is 3.41. The summed E-state index contributed by atoms with van der Waals surface area (Å²) in [6.07, 6.45) is 0.969. The second kappa shape index (κ2) is 7.36. The van der Waals surface area contributed by atoms with Gasteiger partial charge in [-0.2, -0.15) is 0 Å². The zero-order valence-electron chi connectivity index (χ0n) is 14.9. The van der Waals surface area contributed by atoms with Gasteiger partial charge in [0.1, 0.15) is 0 Å². The largest absolute Gasteiger partial charge is 0.379 e. The number of nitrogens with zero attached hydrogens (tertiary/aromatic N) is 2. The summed E-state index contributed by atoms with van der Waals surface area (Å²) in [4.78, 5) is 20.3. The number of rotatable bonds is 5. The van der Waals surface area contributed by atoms with Crippen LogP contribution in [0.2, 0.25) is 0 Å². The van der Waals surface area contributed by atoms with Crippen LogP contribution >= 0.6 is 0 Å². The quantitative estimate of drug-likeness (QED) is 0.916. The maximum absolute atomic E-state index is 12.7. The van der Waals surface area contributed by atoms with Gasteiger partial charge in [-0.1, -0.05) is 6.92 Å². The normalized spacial score (nSPS) is 15.8. The first-order chi connectivity index (χ1) is 11.6. The van der Waals surface area contributed by atoms with Crippen molar-refractivity contribution in [2.24, 2.45) is 0 Å². The number of carbonyl (C=O) groups excluding carboxylic acids is 1. The Balaban J connectivity index is 1.70. The van der Waals surface area contributed by atoms with E-state index in [4.69, 9.17) is 4.74 Å². The fourth-order valence-corrected chi connectivity index (χ4v) is 3.41. The molecular weight excluding hydrogens is 302 g/mol. The molecule has 0 spiro atoms. The van der Waals surface area contributed by atoms with Gasteiger partial charge < -0.3 is 14.6 Å². The Bertz CT molecular complexity index is 717. The van der Waals surface area contributed by atoms with Crippen LogP contribution in [0.3, 0.4) is 0 Å². The van der Waals surface area contributed by atoms with E-state index in [0.29, 0.717) is 0 Å². The highest BCUT2D eigenvalue weighted by atomic mass is 16.5. The summed E-state index contributed by atoms with van der Waals surface area (Å²) in [5, 5.41) is 1.17. The molecule has 0 atom stereocenters. The summed E-state index contributed by atoms with van der Waals surface area (Å²) in [7, 11) is 1.88. The molecule has 1 N–H and O–H groups in total. The lowest BCUT2D eigenvalue weighted by atomic mass is 10.1. The maximum atomic E-state index is 12.7. The van der Waals surface area contributed by atoms with Crippen molar-refractivity contribution >= 4 is 16.8 Å². The van der Waals surface area contributed by atoms with Crippen molar-refractivity contribution in [3.05, 3.63) is 35.0 Å². The molecule has 0 unspecified atom stereocenters. The van der Waals surface area contributed by atoms with Crippen molar-refractivity contribution in [1.82, 2.24) is 14.8 Å². The number of amides is 1. The molecule has 0 aliphatic carbocycles. The Labute approximate surface area is 143 Å². The van der Waals surface area contributed by atoms with E-state index in [9.17, 15) is 4.79 Å². The molecule has 1 amide bonds. The molecule has 1 aromatic heterocycles. The van der Waals surface area contributed by atoms with Gasteiger partial charge in [-0.05, 0) is 37.1 Å². The standard InChI is InChI=1S/C19H27N3O2/c1-4-16-14(2)20-18-6-5-15(13-17(16)18)19(23)21(3)7-8-22-9-11-24-12-10-22/h5-6,13,20H,4,7-12H2,1-3H3. The van der Waals surface area contributed by atoms with Crippen LogP contribution in [-0.4, -0.2) is 67.1 Å². The van der Waals surface area contributed by atoms with E-state index in [-0.39, 0.29) is 5.91 Å². The van der Waals surface area contributed by atoms with Crippen molar-refractivity contribution in [2.45, 2.75) is 20.3 Å². The Morgan fingerprint density at radius 2 is 2.08 bits per heavy atom. The minimum absolute atomic E-state index is 0.0889. The molecule has 1 aromatic carbocycles. The number of likely N-dealkylation sites (N-methyl/N-ethyl adjacent to an activating group) is 1. The number of hydrogen-bond donors (Lipinski definition) is 1. The topological polar surface area (TPSA) is 48.6 Å². The first-order valence-corrected chi connectivity index (χ1v) is 8.77. The third-order valence-corrected chi connectivity index (χ3v) is 4.92. The van der Waals surface area contributed by atoms with E-state index < -0.39 is 0 Å². The average molecular weight is 329 g/mol. The van der Waals surface area contributed by atoms with Crippen molar-refractivity contribution in [3.8, 4) is 0 Å². The van der Waals surface area contributed by atoms with Gasteiger partial charge in [0.25, 0.3) is 5.91 Å². The van der Waals surface area contributed by atoms with Crippen LogP contribution in [0.1, 0.15) is 28.5 Å². The van der Waals surface area contributed by atoms with Gasteiger partial charge in [0, 0.05) is 55.4 Å². The number of H-pyrrole nitrogens is 1. The van der Waals surface area contributed by atoms with E-state index in [0.717, 1.165) is 56.9 Å². The molecule has 24 heavy (non-hydrogen) atoms. The second-order valence-electron chi connectivity index (χ2n) is 6.52. The number of ether oxygens (including phenoxy) is 1.